The van der Waals surface area contributed by atoms with Gasteiger partial charge in [-0.1, -0.05) is 11.6 Å². The summed E-state index contributed by atoms with van der Waals surface area (Å²) in [4.78, 5) is -0.531. The van der Waals surface area contributed by atoms with E-state index in [2.05, 4.69) is 0 Å². The minimum Gasteiger partial charge on any atom is -0.212 e. The molecule has 0 bridgehead atoms. The first-order valence-corrected chi connectivity index (χ1v) is 10.7. The van der Waals surface area contributed by atoms with E-state index in [-0.39, 0.29) is 31.9 Å². The van der Waals surface area contributed by atoms with E-state index in [0.29, 0.717) is 6.07 Å². The van der Waals surface area contributed by atoms with Crippen LogP contribution in [0.25, 0.3) is 0 Å². The highest BCUT2D eigenvalue weighted by atomic mass is 35.5. The molecule has 1 saturated heterocycles. The summed E-state index contributed by atoms with van der Waals surface area (Å²) < 4.78 is 89.6. The molecule has 0 saturated carbocycles. The number of hydrogen-bond donors (Lipinski definition) is 0. The third-order valence-corrected chi connectivity index (χ3v) is 7.94. The van der Waals surface area contributed by atoms with E-state index in [1.807, 2.05) is 0 Å². The van der Waals surface area contributed by atoms with Crippen molar-refractivity contribution in [2.24, 2.45) is 0 Å². The summed E-state index contributed by atoms with van der Waals surface area (Å²) >= 11 is 5.50. The summed E-state index contributed by atoms with van der Waals surface area (Å²) in [7, 11) is -7.62. The molecule has 0 N–H and O–H groups in total. The van der Waals surface area contributed by atoms with E-state index >= 15 is 0 Å². The predicted molar refractivity (Wildman–Crippen MR) is 86.2 cm³/mol. The van der Waals surface area contributed by atoms with Crippen LogP contribution in [0.15, 0.2) is 23.1 Å². The second-order valence-corrected chi connectivity index (χ2v) is 9.95. The molecule has 1 aliphatic rings. The van der Waals surface area contributed by atoms with Crippen LogP contribution in [0.5, 0.6) is 0 Å². The summed E-state index contributed by atoms with van der Waals surface area (Å²) in [6, 6.07) is 2.38. The highest BCUT2D eigenvalue weighted by Crippen LogP contribution is 2.36. The van der Waals surface area contributed by atoms with Crippen LogP contribution in [-0.4, -0.2) is 57.4 Å². The number of alkyl halides is 3. The molecular weight excluding hydrogens is 405 g/mol. The Morgan fingerprint density at radius 2 is 1.56 bits per heavy atom. The monoisotopic (exact) mass is 420 g/mol. The summed E-state index contributed by atoms with van der Waals surface area (Å²) in [5.41, 5.74) is -1.23. The summed E-state index contributed by atoms with van der Waals surface area (Å²) in [5.74, 6) is -0.105. The third-order valence-electron chi connectivity index (χ3n) is 3.84. The molecule has 0 aliphatic carbocycles. The molecule has 1 aliphatic heterocycles. The Labute approximate surface area is 149 Å². The lowest BCUT2D eigenvalue weighted by molar-refractivity contribution is -0.137. The van der Waals surface area contributed by atoms with Gasteiger partial charge in [-0.15, -0.1) is 0 Å². The molecule has 1 aromatic carbocycles. The molecule has 6 nitrogen and oxygen atoms in total. The maximum atomic E-state index is 12.9. The van der Waals surface area contributed by atoms with Gasteiger partial charge in [0.15, 0.2) is 0 Å². The second kappa shape index (κ2) is 7.03. The average Bonchev–Trinajstić information content (AvgIpc) is 2.54. The Balaban J connectivity index is 2.27. The first kappa shape index (κ1) is 20.4. The van der Waals surface area contributed by atoms with E-state index in [4.69, 9.17) is 11.6 Å². The van der Waals surface area contributed by atoms with Crippen molar-refractivity contribution in [1.29, 1.82) is 0 Å². The first-order chi connectivity index (χ1) is 11.4. The molecule has 12 heteroatoms. The molecule has 25 heavy (non-hydrogen) atoms. The summed E-state index contributed by atoms with van der Waals surface area (Å²) in [6.07, 6.45) is -4.78. The van der Waals surface area contributed by atoms with Crippen LogP contribution >= 0.6 is 11.6 Å². The van der Waals surface area contributed by atoms with E-state index in [1.165, 1.54) is 11.2 Å². The van der Waals surface area contributed by atoms with Crippen molar-refractivity contribution in [1.82, 2.24) is 8.61 Å². The SMILES string of the molecule is CCS(=O)(=O)N1CCN(S(=O)(=O)c2ccc(Cl)c(C(F)(F)F)c2)CC1. The molecular formula is C13H16ClF3N2O4S2. The van der Waals surface area contributed by atoms with Gasteiger partial charge in [0.2, 0.25) is 20.0 Å². The van der Waals surface area contributed by atoms with Crippen LogP contribution < -0.4 is 0 Å². The van der Waals surface area contributed by atoms with Crippen LogP contribution in [-0.2, 0) is 26.2 Å². The fourth-order valence-electron chi connectivity index (χ4n) is 2.40. The fourth-order valence-corrected chi connectivity index (χ4v) is 5.16. The zero-order valence-corrected chi connectivity index (χ0v) is 15.5. The van der Waals surface area contributed by atoms with Gasteiger partial charge in [0.1, 0.15) is 0 Å². The van der Waals surface area contributed by atoms with Crippen molar-refractivity contribution in [3.63, 3.8) is 0 Å². The molecule has 0 spiro atoms. The van der Waals surface area contributed by atoms with Crippen LogP contribution in [0.2, 0.25) is 5.02 Å². The number of hydrogen-bond acceptors (Lipinski definition) is 4. The van der Waals surface area contributed by atoms with Gasteiger partial charge in [-0.3, -0.25) is 0 Å². The molecule has 1 heterocycles. The van der Waals surface area contributed by atoms with Gasteiger partial charge in [0.05, 0.1) is 21.2 Å². The van der Waals surface area contributed by atoms with Crippen molar-refractivity contribution >= 4 is 31.6 Å². The van der Waals surface area contributed by atoms with Gasteiger partial charge < -0.3 is 0 Å². The Kier molecular flexibility index (Phi) is 5.74. The van der Waals surface area contributed by atoms with Crippen molar-refractivity contribution in [3.8, 4) is 0 Å². The topological polar surface area (TPSA) is 74.8 Å². The van der Waals surface area contributed by atoms with Crippen molar-refractivity contribution < 1.29 is 30.0 Å². The Morgan fingerprint density at radius 3 is 2.04 bits per heavy atom. The third kappa shape index (κ3) is 4.27. The first-order valence-electron chi connectivity index (χ1n) is 7.24. The quantitative estimate of drug-likeness (QED) is 0.746. The van der Waals surface area contributed by atoms with E-state index in [0.717, 1.165) is 16.4 Å². The van der Waals surface area contributed by atoms with Gasteiger partial charge in [-0.05, 0) is 25.1 Å². The van der Waals surface area contributed by atoms with Gasteiger partial charge in [0, 0.05) is 26.2 Å². The second-order valence-electron chi connectivity index (χ2n) is 5.34. The zero-order chi connectivity index (χ0) is 19.0. The normalized spacial score (nSPS) is 18.4. The van der Waals surface area contributed by atoms with Crippen molar-refractivity contribution in [2.75, 3.05) is 31.9 Å². The largest absolute Gasteiger partial charge is 0.417 e. The average molecular weight is 421 g/mol. The minimum absolute atomic E-state index is 0.0465. The predicted octanol–water partition coefficient (Wildman–Crippen LogP) is 2.01. The summed E-state index contributed by atoms with van der Waals surface area (Å²) in [6.45, 7) is 1.12. The number of sulfonamides is 2. The molecule has 0 amide bonds. The molecule has 0 radical (unpaired) electrons. The lowest BCUT2D eigenvalue weighted by atomic mass is 10.2. The van der Waals surface area contributed by atoms with E-state index in [1.54, 1.807) is 0 Å². The lowest BCUT2D eigenvalue weighted by Crippen LogP contribution is -2.50. The van der Waals surface area contributed by atoms with Crippen LogP contribution in [0.4, 0.5) is 13.2 Å². The highest BCUT2D eigenvalue weighted by molar-refractivity contribution is 7.89. The minimum atomic E-state index is -4.78. The molecule has 0 atom stereocenters. The molecule has 2 rings (SSSR count). The number of rotatable bonds is 4. The number of piperazine rings is 1. The standard InChI is InChI=1S/C13H16ClF3N2O4S2/c1-2-24(20,21)18-5-7-19(8-6-18)25(22,23)10-3-4-12(14)11(9-10)13(15,16)17/h3-4,9H,2,5-8H2,1H3. The number of nitrogens with zero attached hydrogens (tertiary/aromatic N) is 2. The Morgan fingerprint density at radius 1 is 1.04 bits per heavy atom. The molecule has 1 fully saturated rings. The Hall–Kier alpha value is -0.880. The molecule has 142 valence electrons. The smallest absolute Gasteiger partial charge is 0.212 e. The highest BCUT2D eigenvalue weighted by Gasteiger charge is 2.37. The van der Waals surface area contributed by atoms with Gasteiger partial charge in [0.25, 0.3) is 0 Å². The molecule has 1 aromatic rings. The maximum absolute atomic E-state index is 12.9. The van der Waals surface area contributed by atoms with Crippen LogP contribution in [0.1, 0.15) is 12.5 Å². The molecule has 0 aromatic heterocycles. The molecule has 0 unspecified atom stereocenters. The maximum Gasteiger partial charge on any atom is 0.417 e. The van der Waals surface area contributed by atoms with E-state index < -0.39 is 41.7 Å². The van der Waals surface area contributed by atoms with Gasteiger partial charge in [-0.25, -0.2) is 16.8 Å². The van der Waals surface area contributed by atoms with Crippen LogP contribution in [0, 0.1) is 0 Å². The zero-order valence-electron chi connectivity index (χ0n) is 13.1. The number of benzene rings is 1. The van der Waals surface area contributed by atoms with Gasteiger partial charge in [-0.2, -0.15) is 21.8 Å². The lowest BCUT2D eigenvalue weighted by Gasteiger charge is -2.33. The van der Waals surface area contributed by atoms with Gasteiger partial charge >= 0.3 is 6.18 Å². The Bertz CT molecular complexity index is 849. The van der Waals surface area contributed by atoms with Crippen molar-refractivity contribution in [3.05, 3.63) is 28.8 Å². The van der Waals surface area contributed by atoms with E-state index in [9.17, 15) is 30.0 Å². The van der Waals surface area contributed by atoms with Crippen molar-refractivity contribution in [2.45, 2.75) is 18.0 Å². The summed E-state index contributed by atoms with van der Waals surface area (Å²) in [5, 5.41) is -0.592. The number of halogens is 4. The fraction of sp³-hybridized carbons (Fsp3) is 0.538. The van der Waals surface area contributed by atoms with Crippen LogP contribution in [0.3, 0.4) is 0 Å².